The summed E-state index contributed by atoms with van der Waals surface area (Å²) in [5.41, 5.74) is 0. The zero-order chi connectivity index (χ0) is 12.6. The molecule has 0 saturated heterocycles. The second-order valence-electron chi connectivity index (χ2n) is 4.30. The first-order valence-electron chi connectivity index (χ1n) is 6.38. The van der Waals surface area contributed by atoms with Gasteiger partial charge < -0.3 is 0 Å². The number of hydrogen-bond donors (Lipinski definition) is 0. The molecule has 1 aliphatic carbocycles. The van der Waals surface area contributed by atoms with Crippen molar-refractivity contribution in [3.8, 4) is 0 Å². The van der Waals surface area contributed by atoms with E-state index in [1.807, 2.05) is 12.1 Å². The van der Waals surface area contributed by atoms with Gasteiger partial charge in [-0.15, -0.1) is 0 Å². The summed E-state index contributed by atoms with van der Waals surface area (Å²) in [6.45, 7) is 0. The van der Waals surface area contributed by atoms with Gasteiger partial charge in [0.25, 0.3) is 0 Å². The number of carbonyl (C=O) groups is 1. The van der Waals surface area contributed by atoms with Crippen LogP contribution in [0.2, 0.25) is 5.32 Å². The van der Waals surface area contributed by atoms with Crippen LogP contribution in [0.3, 0.4) is 0 Å². The third-order valence-electron chi connectivity index (χ3n) is 2.79. The standard InChI is InChI=1S/C15H18O2Se/c16-15(17-13-7-4-5-8-13)11-6-12-18-14-9-2-1-3-10-14/h1-4,7,9-10,13H,5-6,8,11-12H2/t13-/m0/s1. The number of hydrogen-bond acceptors (Lipinski definition) is 2. The Bertz CT molecular complexity index is 400. The van der Waals surface area contributed by atoms with Crippen LogP contribution in [-0.4, -0.2) is 27.0 Å². The van der Waals surface area contributed by atoms with Gasteiger partial charge in [0.2, 0.25) is 0 Å². The van der Waals surface area contributed by atoms with E-state index in [-0.39, 0.29) is 12.1 Å². The summed E-state index contributed by atoms with van der Waals surface area (Å²) in [5, 5.41) is 1.10. The summed E-state index contributed by atoms with van der Waals surface area (Å²) >= 11 is 0.481. The van der Waals surface area contributed by atoms with Crippen LogP contribution >= 0.6 is 0 Å². The van der Waals surface area contributed by atoms with Gasteiger partial charge in [-0.3, -0.25) is 0 Å². The fourth-order valence-electron chi connectivity index (χ4n) is 1.85. The molecule has 0 aliphatic heterocycles. The molecule has 0 aromatic heterocycles. The van der Waals surface area contributed by atoms with Gasteiger partial charge in [0.05, 0.1) is 0 Å². The summed E-state index contributed by atoms with van der Waals surface area (Å²) in [6.07, 6.45) is 7.59. The molecule has 0 amide bonds. The van der Waals surface area contributed by atoms with E-state index in [2.05, 4.69) is 30.3 Å². The molecule has 0 spiro atoms. The van der Waals surface area contributed by atoms with Crippen molar-refractivity contribution in [2.24, 2.45) is 0 Å². The molecular weight excluding hydrogens is 291 g/mol. The van der Waals surface area contributed by atoms with E-state index in [1.165, 1.54) is 4.46 Å². The molecule has 96 valence electrons. The molecule has 1 aromatic rings. The van der Waals surface area contributed by atoms with Crippen molar-refractivity contribution in [1.82, 2.24) is 0 Å². The molecule has 1 aromatic carbocycles. The zero-order valence-electron chi connectivity index (χ0n) is 10.4. The Labute approximate surface area is 115 Å². The minimum absolute atomic E-state index is 0.0390. The SMILES string of the molecule is O=C(CCC[Se]c1ccccc1)O[C@H]1C=CCC1. The van der Waals surface area contributed by atoms with Gasteiger partial charge in [-0.1, -0.05) is 0 Å². The van der Waals surface area contributed by atoms with Gasteiger partial charge in [-0.2, -0.15) is 0 Å². The van der Waals surface area contributed by atoms with Gasteiger partial charge in [0.1, 0.15) is 0 Å². The second kappa shape index (κ2) is 7.40. The van der Waals surface area contributed by atoms with Crippen LogP contribution in [0.4, 0.5) is 0 Å². The van der Waals surface area contributed by atoms with Crippen LogP contribution in [0, 0.1) is 0 Å². The molecule has 0 saturated carbocycles. The first kappa shape index (κ1) is 13.4. The molecule has 0 fully saturated rings. The van der Waals surface area contributed by atoms with E-state index in [4.69, 9.17) is 4.74 Å². The summed E-state index contributed by atoms with van der Waals surface area (Å²) in [7, 11) is 0. The van der Waals surface area contributed by atoms with Gasteiger partial charge in [0.15, 0.2) is 0 Å². The Kier molecular flexibility index (Phi) is 5.50. The van der Waals surface area contributed by atoms with Gasteiger partial charge in [-0.25, -0.2) is 0 Å². The predicted octanol–water partition coefficient (Wildman–Crippen LogP) is 2.48. The van der Waals surface area contributed by atoms with Crippen molar-refractivity contribution in [3.05, 3.63) is 42.5 Å². The molecule has 2 rings (SSSR count). The van der Waals surface area contributed by atoms with Gasteiger partial charge >= 0.3 is 115 Å². The number of carbonyl (C=O) groups excluding carboxylic acids is 1. The summed E-state index contributed by atoms with van der Waals surface area (Å²) < 4.78 is 6.74. The maximum absolute atomic E-state index is 11.6. The molecule has 18 heavy (non-hydrogen) atoms. The molecule has 0 N–H and O–H groups in total. The summed E-state index contributed by atoms with van der Waals surface area (Å²) in [4.78, 5) is 11.6. The first-order valence-corrected chi connectivity index (χ1v) is 8.45. The van der Waals surface area contributed by atoms with Crippen LogP contribution in [0.15, 0.2) is 42.5 Å². The van der Waals surface area contributed by atoms with E-state index in [1.54, 1.807) is 0 Å². The van der Waals surface area contributed by atoms with Gasteiger partial charge in [0, 0.05) is 0 Å². The quantitative estimate of drug-likeness (QED) is 0.349. The molecule has 0 bridgehead atoms. The molecule has 0 heterocycles. The summed E-state index contributed by atoms with van der Waals surface area (Å²) in [6, 6.07) is 10.5. The third-order valence-corrected chi connectivity index (χ3v) is 5.09. The Morgan fingerprint density at radius 3 is 2.89 bits per heavy atom. The predicted molar refractivity (Wildman–Crippen MR) is 74.1 cm³/mol. The zero-order valence-corrected chi connectivity index (χ0v) is 12.1. The first-order chi connectivity index (χ1) is 8.84. The fraction of sp³-hybridized carbons (Fsp3) is 0.400. The third kappa shape index (κ3) is 4.67. The van der Waals surface area contributed by atoms with E-state index in [0.29, 0.717) is 21.4 Å². The average Bonchev–Trinajstić information content (AvgIpc) is 2.89. The van der Waals surface area contributed by atoms with Crippen molar-refractivity contribution in [3.63, 3.8) is 0 Å². The molecule has 3 heteroatoms. The number of ether oxygens (including phenoxy) is 1. The van der Waals surface area contributed by atoms with Crippen LogP contribution in [0.1, 0.15) is 25.7 Å². The molecule has 1 aliphatic rings. The van der Waals surface area contributed by atoms with E-state index in [9.17, 15) is 4.79 Å². The van der Waals surface area contributed by atoms with E-state index < -0.39 is 0 Å². The number of esters is 1. The second-order valence-corrected chi connectivity index (χ2v) is 6.75. The van der Waals surface area contributed by atoms with Crippen molar-refractivity contribution < 1.29 is 9.53 Å². The fourth-order valence-corrected chi connectivity index (χ4v) is 3.69. The van der Waals surface area contributed by atoms with Crippen molar-refractivity contribution in [1.29, 1.82) is 0 Å². The van der Waals surface area contributed by atoms with Crippen LogP contribution in [-0.2, 0) is 9.53 Å². The molecule has 1 atom stereocenters. The summed E-state index contributed by atoms with van der Waals surface area (Å²) in [5.74, 6) is -0.0459. The molecule has 0 radical (unpaired) electrons. The molecular formula is C15H18O2Se. The van der Waals surface area contributed by atoms with Crippen LogP contribution < -0.4 is 4.46 Å². The van der Waals surface area contributed by atoms with E-state index in [0.717, 1.165) is 24.6 Å². The van der Waals surface area contributed by atoms with Crippen LogP contribution in [0.25, 0.3) is 0 Å². The Hall–Kier alpha value is -1.05. The monoisotopic (exact) mass is 310 g/mol. The Morgan fingerprint density at radius 2 is 2.17 bits per heavy atom. The Morgan fingerprint density at radius 1 is 1.33 bits per heavy atom. The van der Waals surface area contributed by atoms with Gasteiger partial charge in [-0.05, 0) is 0 Å². The Balaban J connectivity index is 1.57. The molecule has 2 nitrogen and oxygen atoms in total. The van der Waals surface area contributed by atoms with Crippen LogP contribution in [0.5, 0.6) is 0 Å². The number of allylic oxidation sites excluding steroid dienone is 1. The van der Waals surface area contributed by atoms with E-state index >= 15 is 0 Å². The topological polar surface area (TPSA) is 26.3 Å². The van der Waals surface area contributed by atoms with Crippen molar-refractivity contribution in [2.45, 2.75) is 37.1 Å². The average molecular weight is 309 g/mol. The minimum atomic E-state index is -0.0459. The molecule has 0 unspecified atom stereocenters. The maximum atomic E-state index is 11.6. The van der Waals surface area contributed by atoms with Crippen molar-refractivity contribution >= 4 is 25.4 Å². The number of benzene rings is 1. The van der Waals surface area contributed by atoms with Crippen molar-refractivity contribution in [2.75, 3.05) is 0 Å². The number of rotatable bonds is 6. The normalized spacial score (nSPS) is 17.9.